The van der Waals surface area contributed by atoms with E-state index in [-0.39, 0.29) is 36.2 Å². The number of benzene rings is 1. The molecule has 2 unspecified atom stereocenters. The van der Waals surface area contributed by atoms with E-state index in [4.69, 9.17) is 0 Å². The molecule has 1 aliphatic heterocycles. The molecule has 2 aliphatic rings. The lowest BCUT2D eigenvalue weighted by Crippen LogP contribution is -2.50. The lowest BCUT2D eigenvalue weighted by atomic mass is 9.86. The zero-order chi connectivity index (χ0) is 14.1. The Morgan fingerprint density at radius 2 is 1.95 bits per heavy atom. The maximum atomic E-state index is 13.4. The first-order valence-electron chi connectivity index (χ1n) is 7.11. The third kappa shape index (κ3) is 3.71. The summed E-state index contributed by atoms with van der Waals surface area (Å²) in [4.78, 5) is 11.9. The molecule has 1 saturated heterocycles. The van der Waals surface area contributed by atoms with Crippen molar-refractivity contribution in [3.05, 3.63) is 35.4 Å². The molecule has 0 radical (unpaired) electrons. The van der Waals surface area contributed by atoms with Crippen molar-refractivity contribution in [3.63, 3.8) is 0 Å². The normalized spacial score (nSPS) is 25.0. The number of carbonyl (C=O) groups is 1. The van der Waals surface area contributed by atoms with Gasteiger partial charge < -0.3 is 10.6 Å². The molecule has 2 N–H and O–H groups in total. The van der Waals surface area contributed by atoms with Gasteiger partial charge in [-0.25, -0.2) is 8.78 Å². The average Bonchev–Trinajstić information content (AvgIpc) is 3.27. The highest BCUT2D eigenvalue weighted by Crippen LogP contribution is 2.31. The van der Waals surface area contributed by atoms with Gasteiger partial charge in [0.1, 0.15) is 0 Å². The molecule has 3 rings (SSSR count). The second-order valence-electron chi connectivity index (χ2n) is 5.66. The van der Waals surface area contributed by atoms with Crippen LogP contribution in [0.5, 0.6) is 0 Å². The quantitative estimate of drug-likeness (QED) is 0.899. The van der Waals surface area contributed by atoms with Crippen LogP contribution in [0.2, 0.25) is 0 Å². The molecule has 0 bridgehead atoms. The molecule has 1 aliphatic carbocycles. The Hall–Kier alpha value is -1.20. The first-order chi connectivity index (χ1) is 9.65. The van der Waals surface area contributed by atoms with Crippen LogP contribution in [0.1, 0.15) is 30.7 Å². The molecule has 3 nitrogen and oxygen atoms in total. The average molecular weight is 317 g/mol. The monoisotopic (exact) mass is 316 g/mol. The lowest BCUT2D eigenvalue weighted by Gasteiger charge is -2.33. The molecule has 6 heteroatoms. The molecule has 1 aromatic carbocycles. The Kier molecular flexibility index (Phi) is 5.17. The Bertz CT molecular complexity index is 522. The summed E-state index contributed by atoms with van der Waals surface area (Å²) >= 11 is 0. The predicted molar refractivity (Wildman–Crippen MR) is 78.5 cm³/mol. The Balaban J connectivity index is 0.00000161. The van der Waals surface area contributed by atoms with Gasteiger partial charge in [-0.15, -0.1) is 12.4 Å². The fourth-order valence-electron chi connectivity index (χ4n) is 2.80. The SMILES string of the molecule is Cl.O=C(NC1CNCCC1c1ccc(F)c(F)c1)C1CC1. The molecular weight excluding hydrogens is 298 g/mol. The van der Waals surface area contributed by atoms with Crippen molar-refractivity contribution in [2.45, 2.75) is 31.2 Å². The Labute approximate surface area is 128 Å². The highest BCUT2D eigenvalue weighted by atomic mass is 35.5. The zero-order valence-corrected chi connectivity index (χ0v) is 12.4. The summed E-state index contributed by atoms with van der Waals surface area (Å²) in [6.45, 7) is 1.49. The maximum Gasteiger partial charge on any atom is 0.223 e. The van der Waals surface area contributed by atoms with E-state index in [1.165, 1.54) is 6.07 Å². The van der Waals surface area contributed by atoms with Gasteiger partial charge in [0.25, 0.3) is 0 Å². The van der Waals surface area contributed by atoms with Crippen LogP contribution in [0.4, 0.5) is 8.78 Å². The summed E-state index contributed by atoms with van der Waals surface area (Å²) in [5, 5.41) is 6.29. The number of carbonyl (C=O) groups excluding carboxylic acids is 1. The number of hydrogen-bond acceptors (Lipinski definition) is 2. The summed E-state index contributed by atoms with van der Waals surface area (Å²) in [5.74, 6) is -1.38. The number of halogens is 3. The minimum Gasteiger partial charge on any atom is -0.351 e. The number of nitrogens with one attached hydrogen (secondary N) is 2. The molecule has 2 fully saturated rings. The van der Waals surface area contributed by atoms with E-state index in [0.717, 1.165) is 37.4 Å². The van der Waals surface area contributed by atoms with E-state index >= 15 is 0 Å². The van der Waals surface area contributed by atoms with Crippen LogP contribution in [-0.2, 0) is 4.79 Å². The topological polar surface area (TPSA) is 41.1 Å². The van der Waals surface area contributed by atoms with Gasteiger partial charge in [0, 0.05) is 24.4 Å². The van der Waals surface area contributed by atoms with Gasteiger partial charge in [0.2, 0.25) is 5.91 Å². The van der Waals surface area contributed by atoms with Crippen molar-refractivity contribution in [3.8, 4) is 0 Å². The van der Waals surface area contributed by atoms with Gasteiger partial charge in [0.15, 0.2) is 11.6 Å². The molecule has 0 spiro atoms. The first-order valence-corrected chi connectivity index (χ1v) is 7.11. The van der Waals surface area contributed by atoms with Gasteiger partial charge in [-0.3, -0.25) is 4.79 Å². The summed E-state index contributed by atoms with van der Waals surface area (Å²) in [5.41, 5.74) is 0.756. The molecule has 21 heavy (non-hydrogen) atoms. The van der Waals surface area contributed by atoms with Gasteiger partial charge in [0.05, 0.1) is 0 Å². The van der Waals surface area contributed by atoms with Gasteiger partial charge in [-0.1, -0.05) is 6.07 Å². The van der Waals surface area contributed by atoms with Crippen LogP contribution in [-0.4, -0.2) is 25.0 Å². The first kappa shape index (κ1) is 16.2. The van der Waals surface area contributed by atoms with Crippen molar-refractivity contribution in [1.29, 1.82) is 0 Å². The molecule has 1 amide bonds. The Morgan fingerprint density at radius 3 is 2.62 bits per heavy atom. The lowest BCUT2D eigenvalue weighted by molar-refractivity contribution is -0.123. The molecule has 116 valence electrons. The minimum absolute atomic E-state index is 0. The fourth-order valence-corrected chi connectivity index (χ4v) is 2.80. The number of hydrogen-bond donors (Lipinski definition) is 2. The van der Waals surface area contributed by atoms with Crippen molar-refractivity contribution in [2.75, 3.05) is 13.1 Å². The van der Waals surface area contributed by atoms with E-state index in [1.54, 1.807) is 6.07 Å². The second kappa shape index (κ2) is 6.71. The van der Waals surface area contributed by atoms with Crippen LogP contribution < -0.4 is 10.6 Å². The highest BCUT2D eigenvalue weighted by Gasteiger charge is 2.34. The summed E-state index contributed by atoms with van der Waals surface area (Å²) < 4.78 is 26.4. The van der Waals surface area contributed by atoms with E-state index in [1.807, 2.05) is 0 Å². The van der Waals surface area contributed by atoms with Crippen LogP contribution in [0, 0.1) is 17.6 Å². The van der Waals surface area contributed by atoms with Gasteiger partial charge in [-0.05, 0) is 43.5 Å². The number of amides is 1. The molecule has 1 heterocycles. The third-order valence-corrected chi connectivity index (χ3v) is 4.13. The van der Waals surface area contributed by atoms with E-state index in [2.05, 4.69) is 10.6 Å². The molecule has 2 atom stereocenters. The van der Waals surface area contributed by atoms with E-state index < -0.39 is 11.6 Å². The van der Waals surface area contributed by atoms with E-state index in [9.17, 15) is 13.6 Å². The van der Waals surface area contributed by atoms with Crippen LogP contribution in [0.15, 0.2) is 18.2 Å². The van der Waals surface area contributed by atoms with E-state index in [0.29, 0.717) is 6.54 Å². The fraction of sp³-hybridized carbons (Fsp3) is 0.533. The second-order valence-corrected chi connectivity index (χ2v) is 5.66. The van der Waals surface area contributed by atoms with Crippen molar-refractivity contribution in [2.24, 2.45) is 5.92 Å². The van der Waals surface area contributed by atoms with Crippen molar-refractivity contribution < 1.29 is 13.6 Å². The Morgan fingerprint density at radius 1 is 1.19 bits per heavy atom. The zero-order valence-electron chi connectivity index (χ0n) is 11.6. The molecule has 0 aromatic heterocycles. The largest absolute Gasteiger partial charge is 0.351 e. The summed E-state index contributed by atoms with van der Waals surface area (Å²) in [6.07, 6.45) is 2.73. The number of piperidine rings is 1. The predicted octanol–water partition coefficient (Wildman–Crippen LogP) is 2.36. The standard InChI is InChI=1S/C15H18F2N2O.ClH/c16-12-4-3-10(7-13(12)17)11-5-6-18-8-14(11)19-15(20)9-1-2-9;/h3-4,7,9,11,14,18H,1-2,5-6,8H2,(H,19,20);1H. The molecule has 1 saturated carbocycles. The molecular formula is C15H19ClF2N2O. The maximum absolute atomic E-state index is 13.4. The highest BCUT2D eigenvalue weighted by molar-refractivity contribution is 5.85. The van der Waals surface area contributed by atoms with Gasteiger partial charge in [-0.2, -0.15) is 0 Å². The van der Waals surface area contributed by atoms with Crippen LogP contribution >= 0.6 is 12.4 Å². The summed E-state index contributed by atoms with van der Waals surface area (Å²) in [6, 6.07) is 3.97. The smallest absolute Gasteiger partial charge is 0.223 e. The van der Waals surface area contributed by atoms with Crippen molar-refractivity contribution >= 4 is 18.3 Å². The third-order valence-electron chi connectivity index (χ3n) is 4.13. The van der Waals surface area contributed by atoms with Gasteiger partial charge >= 0.3 is 0 Å². The summed E-state index contributed by atoms with van der Waals surface area (Å²) in [7, 11) is 0. The minimum atomic E-state index is -0.832. The molecule has 1 aromatic rings. The van der Waals surface area contributed by atoms with Crippen LogP contribution in [0.25, 0.3) is 0 Å². The van der Waals surface area contributed by atoms with Crippen LogP contribution in [0.3, 0.4) is 0 Å². The number of rotatable bonds is 3. The van der Waals surface area contributed by atoms with Crippen molar-refractivity contribution in [1.82, 2.24) is 10.6 Å².